The minimum absolute atomic E-state index is 0.0206. The van der Waals surface area contributed by atoms with Gasteiger partial charge in [-0.05, 0) is 24.3 Å². The van der Waals surface area contributed by atoms with E-state index in [0.717, 1.165) is 6.08 Å². The van der Waals surface area contributed by atoms with Crippen LogP contribution in [0.15, 0.2) is 55.3 Å². The molecule has 0 bridgehead atoms. The van der Waals surface area contributed by atoms with Crippen LogP contribution in [-0.2, 0) is 18.6 Å². The monoisotopic (exact) mass is 579 g/mol. The first-order chi connectivity index (χ1) is 18.6. The number of nitrogens with one attached hydrogen (secondary N) is 2. The number of benzene rings is 2. The fraction of sp³-hybridized carbons (Fsp3) is 0.208. The first-order valence-electron chi connectivity index (χ1n) is 11.5. The van der Waals surface area contributed by atoms with Crippen LogP contribution in [0.2, 0.25) is 5.02 Å². The van der Waals surface area contributed by atoms with Gasteiger partial charge in [0.25, 0.3) is 0 Å². The summed E-state index contributed by atoms with van der Waals surface area (Å²) < 4.78 is 41.5. The lowest BCUT2D eigenvalue weighted by molar-refractivity contribution is -0.111. The number of ether oxygens (including phenoxy) is 2. The molecule has 1 aliphatic rings. The zero-order valence-corrected chi connectivity index (χ0v) is 22.0. The van der Waals surface area contributed by atoms with Gasteiger partial charge in [-0.2, -0.15) is 0 Å². The van der Waals surface area contributed by atoms with E-state index in [9.17, 15) is 9.36 Å². The van der Waals surface area contributed by atoms with Gasteiger partial charge in [-0.15, -0.1) is 0 Å². The number of phosphoric acid groups is 1. The third-order valence-corrected chi connectivity index (χ3v) is 6.10. The summed E-state index contributed by atoms with van der Waals surface area (Å²) in [6.07, 6.45) is 2.51. The van der Waals surface area contributed by atoms with Crippen molar-refractivity contribution in [2.24, 2.45) is 0 Å². The van der Waals surface area contributed by atoms with Gasteiger partial charge < -0.3 is 34.8 Å². The third kappa shape index (κ3) is 7.73. The van der Waals surface area contributed by atoms with Gasteiger partial charge in [-0.1, -0.05) is 30.3 Å². The van der Waals surface area contributed by atoms with Crippen LogP contribution in [0.1, 0.15) is 0 Å². The number of amides is 1. The van der Waals surface area contributed by atoms with Crippen molar-refractivity contribution in [3.63, 3.8) is 0 Å². The number of phosphoric ester groups is 1. The van der Waals surface area contributed by atoms with E-state index in [2.05, 4.69) is 31.7 Å². The summed E-state index contributed by atoms with van der Waals surface area (Å²) in [5.41, 5.74) is 1.72. The molecule has 206 valence electrons. The van der Waals surface area contributed by atoms with Crippen molar-refractivity contribution in [2.75, 3.05) is 48.6 Å². The number of morpholine rings is 1. The Morgan fingerprint density at radius 1 is 1.26 bits per heavy atom. The molecule has 1 saturated heterocycles. The lowest BCUT2D eigenvalue weighted by Gasteiger charge is -2.30. The Bertz CT molecular complexity index is 1420. The number of aromatic nitrogens is 2. The largest absolute Gasteiger partial charge is 0.472 e. The summed E-state index contributed by atoms with van der Waals surface area (Å²) in [4.78, 5) is 39.9. The molecule has 0 radical (unpaired) electrons. The van der Waals surface area contributed by atoms with E-state index in [1.807, 2.05) is 0 Å². The topological polar surface area (TPSA) is 155 Å². The Labute approximate surface area is 227 Å². The highest BCUT2D eigenvalue weighted by atomic mass is 35.5. The van der Waals surface area contributed by atoms with Crippen LogP contribution < -0.4 is 20.3 Å². The summed E-state index contributed by atoms with van der Waals surface area (Å²) in [6.45, 7) is 4.13. The number of rotatable bonds is 10. The van der Waals surface area contributed by atoms with Gasteiger partial charge in [0.05, 0.1) is 30.1 Å². The molecule has 0 atom stereocenters. The Hall–Kier alpha value is -3.58. The minimum atomic E-state index is -4.81. The molecule has 0 saturated carbocycles. The summed E-state index contributed by atoms with van der Waals surface area (Å²) in [5.74, 6) is -0.985. The molecule has 0 spiro atoms. The van der Waals surface area contributed by atoms with E-state index in [0.29, 0.717) is 43.2 Å². The van der Waals surface area contributed by atoms with Gasteiger partial charge in [-0.25, -0.2) is 23.4 Å². The molecule has 1 aliphatic heterocycles. The molecule has 12 nitrogen and oxygen atoms in total. The van der Waals surface area contributed by atoms with Crippen LogP contribution in [0, 0.1) is 5.82 Å². The van der Waals surface area contributed by atoms with Crippen molar-refractivity contribution < 1.29 is 37.5 Å². The molecular formula is C24H24ClFN5O7P. The van der Waals surface area contributed by atoms with Crippen LogP contribution in [0.5, 0.6) is 5.75 Å². The highest BCUT2D eigenvalue weighted by molar-refractivity contribution is 7.46. The van der Waals surface area contributed by atoms with Gasteiger partial charge >= 0.3 is 7.82 Å². The first kappa shape index (κ1) is 28.4. The standard InChI is InChI=1S/C24H24ClFN5O7P/c1-2-21(32)28-16-5-3-4-15(10-16)22-18(25)13-27-24(30-22)29-17-11-19(26)23(31-6-8-36-9-7-31)20(12-17)37-14-38-39(33,34)35/h2-5,10-13H,1,6-9,14H2,(H,28,32)(H,27,29,30)(H2,33,34,35). The van der Waals surface area contributed by atoms with Crippen molar-refractivity contribution in [3.05, 3.63) is 66.1 Å². The Morgan fingerprint density at radius 2 is 2.03 bits per heavy atom. The van der Waals surface area contributed by atoms with E-state index in [4.69, 9.17) is 30.9 Å². The average Bonchev–Trinajstić information content (AvgIpc) is 2.89. The lowest BCUT2D eigenvalue weighted by atomic mass is 10.1. The second-order valence-corrected chi connectivity index (χ2v) is 9.72. The van der Waals surface area contributed by atoms with Crippen molar-refractivity contribution in [3.8, 4) is 17.0 Å². The molecule has 4 rings (SSSR count). The number of hydrogen-bond donors (Lipinski definition) is 4. The molecule has 0 aliphatic carbocycles. The first-order valence-corrected chi connectivity index (χ1v) is 13.4. The Kier molecular flexibility index (Phi) is 9.12. The highest BCUT2D eigenvalue weighted by Gasteiger charge is 2.23. The molecule has 1 fully saturated rings. The number of halogens is 2. The number of carbonyl (C=O) groups excluding carboxylic acids is 1. The molecule has 15 heteroatoms. The minimum Gasteiger partial charge on any atom is -0.465 e. The number of hydrogen-bond acceptors (Lipinski definition) is 9. The van der Waals surface area contributed by atoms with Crippen LogP contribution in [-0.4, -0.2) is 58.8 Å². The summed E-state index contributed by atoms with van der Waals surface area (Å²) >= 11 is 6.34. The van der Waals surface area contributed by atoms with Gasteiger partial charge in [0.1, 0.15) is 5.69 Å². The molecule has 39 heavy (non-hydrogen) atoms. The second-order valence-electron chi connectivity index (χ2n) is 8.08. The fourth-order valence-corrected chi connectivity index (χ4v) is 4.09. The second kappa shape index (κ2) is 12.5. The molecule has 0 unspecified atom stereocenters. The Morgan fingerprint density at radius 3 is 2.74 bits per heavy atom. The zero-order chi connectivity index (χ0) is 28.0. The van der Waals surface area contributed by atoms with Gasteiger partial charge in [0, 0.05) is 36.1 Å². The smallest absolute Gasteiger partial charge is 0.465 e. The quantitative estimate of drug-likeness (QED) is 0.156. The third-order valence-electron chi connectivity index (χ3n) is 5.38. The van der Waals surface area contributed by atoms with Gasteiger partial charge in [-0.3, -0.25) is 4.79 Å². The van der Waals surface area contributed by atoms with E-state index in [-0.39, 0.29) is 34.0 Å². The highest BCUT2D eigenvalue weighted by Crippen LogP contribution is 2.39. The SMILES string of the molecule is C=CC(=O)Nc1cccc(-c2nc(Nc3cc(F)c(N4CCOCC4)c(OCOP(=O)(O)O)c3)ncc2Cl)c1. The summed E-state index contributed by atoms with van der Waals surface area (Å²) in [5, 5.41) is 5.79. The van der Waals surface area contributed by atoms with Crippen molar-refractivity contribution >= 4 is 48.3 Å². The summed E-state index contributed by atoms with van der Waals surface area (Å²) in [7, 11) is -4.81. The number of carbonyl (C=O) groups is 1. The average molecular weight is 580 g/mol. The number of nitrogens with zero attached hydrogens (tertiary/aromatic N) is 3. The predicted molar refractivity (Wildman–Crippen MR) is 143 cm³/mol. The number of anilines is 4. The maximum atomic E-state index is 15.3. The van der Waals surface area contributed by atoms with Crippen LogP contribution >= 0.6 is 19.4 Å². The predicted octanol–water partition coefficient (Wildman–Crippen LogP) is 4.09. The van der Waals surface area contributed by atoms with Gasteiger partial charge in [0.15, 0.2) is 18.4 Å². The van der Waals surface area contributed by atoms with Crippen molar-refractivity contribution in [1.29, 1.82) is 0 Å². The molecule has 2 heterocycles. The van der Waals surface area contributed by atoms with Crippen LogP contribution in [0.25, 0.3) is 11.3 Å². The van der Waals surface area contributed by atoms with E-state index in [1.54, 1.807) is 29.2 Å². The van der Waals surface area contributed by atoms with Gasteiger partial charge in [0.2, 0.25) is 11.9 Å². The van der Waals surface area contributed by atoms with E-state index < -0.39 is 20.4 Å². The maximum absolute atomic E-state index is 15.3. The van der Waals surface area contributed by atoms with Crippen LogP contribution in [0.4, 0.5) is 27.4 Å². The molecule has 2 aromatic carbocycles. The Balaban J connectivity index is 1.63. The zero-order valence-electron chi connectivity index (χ0n) is 20.3. The normalized spacial score (nSPS) is 13.6. The van der Waals surface area contributed by atoms with Crippen molar-refractivity contribution in [2.45, 2.75) is 0 Å². The molecule has 1 aromatic heterocycles. The van der Waals surface area contributed by atoms with E-state index in [1.165, 1.54) is 18.3 Å². The maximum Gasteiger partial charge on any atom is 0.472 e. The molecule has 1 amide bonds. The molecular weight excluding hydrogens is 556 g/mol. The van der Waals surface area contributed by atoms with Crippen LogP contribution in [0.3, 0.4) is 0 Å². The molecule has 4 N–H and O–H groups in total. The summed E-state index contributed by atoms with van der Waals surface area (Å²) in [6, 6.07) is 9.46. The van der Waals surface area contributed by atoms with Crippen molar-refractivity contribution in [1.82, 2.24) is 9.97 Å². The molecule has 3 aromatic rings. The van der Waals surface area contributed by atoms with E-state index >= 15 is 4.39 Å². The lowest BCUT2D eigenvalue weighted by Crippen LogP contribution is -2.37. The fourth-order valence-electron chi connectivity index (χ4n) is 3.70.